The third-order valence-corrected chi connectivity index (χ3v) is 6.54. The van der Waals surface area contributed by atoms with Crippen LogP contribution in [0.1, 0.15) is 12.8 Å². The van der Waals surface area contributed by atoms with Crippen LogP contribution in [-0.4, -0.2) is 38.1 Å². The summed E-state index contributed by atoms with van der Waals surface area (Å²) < 4.78 is 78.5. The molecule has 1 saturated carbocycles. The molecule has 0 aliphatic heterocycles. The zero-order valence-electron chi connectivity index (χ0n) is 17.4. The van der Waals surface area contributed by atoms with Crippen LogP contribution in [0.4, 0.5) is 18.9 Å². The number of ether oxygens (including phenoxy) is 2. The topological polar surface area (TPSA) is 99.5 Å². The number of methoxy groups -OCH3 is 1. The predicted octanol–water partition coefficient (Wildman–Crippen LogP) is 3.40. The van der Waals surface area contributed by atoms with E-state index in [2.05, 4.69) is 14.4 Å². The third-order valence-electron chi connectivity index (χ3n) is 5.11. The summed E-state index contributed by atoms with van der Waals surface area (Å²) in [5, 5.41) is 0.430. The molecule has 0 spiro atoms. The number of fused-ring (bicyclic) bond motifs is 1. The molecule has 3 aromatic rings. The largest absolute Gasteiger partial charge is 0.479 e. The van der Waals surface area contributed by atoms with E-state index >= 15 is 0 Å². The van der Waals surface area contributed by atoms with Crippen LogP contribution in [0.25, 0.3) is 10.8 Å². The van der Waals surface area contributed by atoms with Gasteiger partial charge in [-0.05, 0) is 37.0 Å². The fourth-order valence-corrected chi connectivity index (χ4v) is 4.64. The summed E-state index contributed by atoms with van der Waals surface area (Å²) in [6, 6.07) is 6.56. The molecule has 8 nitrogen and oxygen atoms in total. The summed E-state index contributed by atoms with van der Waals surface area (Å²) in [7, 11) is -3.17. The Balaban J connectivity index is 1.69. The molecule has 2 heterocycles. The molecule has 0 unspecified atom stereocenters. The van der Waals surface area contributed by atoms with E-state index in [0.29, 0.717) is 12.5 Å². The molecular formula is C21H20F3N3O5S. The van der Waals surface area contributed by atoms with Gasteiger partial charge >= 0.3 is 0 Å². The molecule has 1 aliphatic rings. The zero-order chi connectivity index (χ0) is 23.8. The molecule has 0 bridgehead atoms. The Morgan fingerprint density at radius 3 is 2.64 bits per heavy atom. The first-order valence-corrected chi connectivity index (χ1v) is 11.5. The van der Waals surface area contributed by atoms with Gasteiger partial charge in [0.1, 0.15) is 5.69 Å². The first kappa shape index (κ1) is 22.9. The van der Waals surface area contributed by atoms with Gasteiger partial charge in [0.2, 0.25) is 5.88 Å². The summed E-state index contributed by atoms with van der Waals surface area (Å²) in [6.45, 7) is -0.515. The number of benzene rings is 1. The molecule has 4 rings (SSSR count). The Hall–Kier alpha value is -3.28. The Morgan fingerprint density at radius 1 is 1.21 bits per heavy atom. The summed E-state index contributed by atoms with van der Waals surface area (Å²) >= 11 is 0. The van der Waals surface area contributed by atoms with Crippen molar-refractivity contribution in [3.63, 3.8) is 0 Å². The van der Waals surface area contributed by atoms with Gasteiger partial charge in [-0.25, -0.2) is 21.6 Å². The summed E-state index contributed by atoms with van der Waals surface area (Å²) in [6.07, 6.45) is 0.817. The number of sulfonamides is 1. The summed E-state index contributed by atoms with van der Waals surface area (Å²) in [5.74, 6) is -1.83. The van der Waals surface area contributed by atoms with E-state index in [1.54, 1.807) is 16.8 Å². The van der Waals surface area contributed by atoms with Crippen molar-refractivity contribution in [1.82, 2.24) is 9.55 Å². The van der Waals surface area contributed by atoms with Crippen molar-refractivity contribution in [1.29, 1.82) is 0 Å². The molecule has 33 heavy (non-hydrogen) atoms. The van der Waals surface area contributed by atoms with Crippen LogP contribution >= 0.6 is 0 Å². The van der Waals surface area contributed by atoms with Crippen LogP contribution in [-0.2, 0) is 16.6 Å². The van der Waals surface area contributed by atoms with Gasteiger partial charge in [0.05, 0.1) is 12.0 Å². The fraction of sp³-hybridized carbons (Fsp3) is 0.333. The zero-order valence-corrected chi connectivity index (χ0v) is 18.2. The van der Waals surface area contributed by atoms with E-state index in [1.165, 1.54) is 18.2 Å². The minimum absolute atomic E-state index is 0.198. The first-order valence-electron chi connectivity index (χ1n) is 10.00. The Morgan fingerprint density at radius 2 is 1.97 bits per heavy atom. The van der Waals surface area contributed by atoms with Crippen LogP contribution in [0.2, 0.25) is 0 Å². The van der Waals surface area contributed by atoms with Crippen molar-refractivity contribution in [2.45, 2.75) is 30.7 Å². The van der Waals surface area contributed by atoms with Crippen LogP contribution in [0.3, 0.4) is 0 Å². The Labute approximate surface area is 187 Å². The van der Waals surface area contributed by atoms with E-state index in [0.717, 1.165) is 26.0 Å². The smallest absolute Gasteiger partial charge is 0.272 e. The molecule has 1 aliphatic carbocycles. The second-order valence-corrected chi connectivity index (χ2v) is 9.22. The van der Waals surface area contributed by atoms with E-state index < -0.39 is 34.8 Å². The number of nitrogens with zero attached hydrogens (tertiary/aromatic N) is 2. The van der Waals surface area contributed by atoms with Gasteiger partial charge in [-0.1, -0.05) is 6.07 Å². The minimum Gasteiger partial charge on any atom is -0.479 e. The average Bonchev–Trinajstić information content (AvgIpc) is 3.58. The molecular weight excluding hydrogens is 463 g/mol. The third kappa shape index (κ3) is 4.90. The van der Waals surface area contributed by atoms with Gasteiger partial charge in [-0.2, -0.15) is 4.98 Å². The maximum atomic E-state index is 14.3. The standard InChI is InChI=1S/C21H20F3N3O5S/c1-31-20-16(9-15(22)19(25-20)32-11-18(23)24)26-33(29,30)17-4-2-3-14-13(17)7-8-27(21(14)28)10-12-5-6-12/h2-4,7-9,12,18,26H,5-6,10-11H2,1H3. The number of alkyl halides is 2. The number of hydrogen-bond acceptors (Lipinski definition) is 6. The SMILES string of the molecule is COc1nc(OCC(F)F)c(F)cc1NS(=O)(=O)c1cccc2c(=O)n(CC3CC3)ccc12. The Kier molecular flexibility index (Phi) is 6.19. The van der Waals surface area contributed by atoms with Crippen molar-refractivity contribution in [2.24, 2.45) is 5.92 Å². The molecule has 176 valence electrons. The first-order chi connectivity index (χ1) is 15.7. The van der Waals surface area contributed by atoms with Gasteiger partial charge in [0.25, 0.3) is 27.9 Å². The van der Waals surface area contributed by atoms with E-state index in [1.807, 2.05) is 0 Å². The lowest BCUT2D eigenvalue weighted by molar-refractivity contribution is 0.0770. The highest BCUT2D eigenvalue weighted by molar-refractivity contribution is 7.93. The normalized spacial score (nSPS) is 14.0. The van der Waals surface area contributed by atoms with Crippen molar-refractivity contribution in [3.8, 4) is 11.8 Å². The van der Waals surface area contributed by atoms with E-state index in [-0.39, 0.29) is 32.8 Å². The molecule has 2 aromatic heterocycles. The number of rotatable bonds is 9. The van der Waals surface area contributed by atoms with Gasteiger partial charge in [-0.3, -0.25) is 9.52 Å². The fourth-order valence-electron chi connectivity index (χ4n) is 3.37. The maximum absolute atomic E-state index is 14.3. The number of halogens is 3. The second-order valence-electron chi connectivity index (χ2n) is 7.57. The van der Waals surface area contributed by atoms with Crippen LogP contribution in [0, 0.1) is 11.7 Å². The summed E-state index contributed by atoms with van der Waals surface area (Å²) in [5.41, 5.74) is -0.666. The number of nitrogens with one attached hydrogen (secondary N) is 1. The minimum atomic E-state index is -4.31. The molecule has 0 radical (unpaired) electrons. The lowest BCUT2D eigenvalue weighted by Gasteiger charge is -2.15. The number of pyridine rings is 2. The highest BCUT2D eigenvalue weighted by atomic mass is 32.2. The summed E-state index contributed by atoms with van der Waals surface area (Å²) in [4.78, 5) is 16.3. The van der Waals surface area contributed by atoms with Crippen molar-refractivity contribution in [3.05, 3.63) is 52.7 Å². The Bertz CT molecular complexity index is 1360. The van der Waals surface area contributed by atoms with Crippen LogP contribution in [0.15, 0.2) is 46.2 Å². The van der Waals surface area contributed by atoms with Crippen molar-refractivity contribution in [2.75, 3.05) is 18.4 Å². The highest BCUT2D eigenvalue weighted by Crippen LogP contribution is 2.32. The predicted molar refractivity (Wildman–Crippen MR) is 114 cm³/mol. The average molecular weight is 483 g/mol. The van der Waals surface area contributed by atoms with Crippen LogP contribution < -0.4 is 19.8 Å². The molecule has 1 fully saturated rings. The van der Waals surface area contributed by atoms with E-state index in [9.17, 15) is 26.4 Å². The quantitative estimate of drug-likeness (QED) is 0.501. The van der Waals surface area contributed by atoms with Gasteiger partial charge in [0, 0.05) is 29.6 Å². The van der Waals surface area contributed by atoms with Crippen LogP contribution in [0.5, 0.6) is 11.8 Å². The second kappa shape index (κ2) is 8.93. The molecule has 0 atom stereocenters. The number of anilines is 1. The monoisotopic (exact) mass is 483 g/mol. The van der Waals surface area contributed by atoms with Crippen molar-refractivity contribution < 1.29 is 31.1 Å². The molecule has 1 N–H and O–H groups in total. The molecule has 0 saturated heterocycles. The van der Waals surface area contributed by atoms with Gasteiger partial charge in [0.15, 0.2) is 12.4 Å². The highest BCUT2D eigenvalue weighted by Gasteiger charge is 2.25. The van der Waals surface area contributed by atoms with Crippen molar-refractivity contribution >= 4 is 26.5 Å². The lowest BCUT2D eigenvalue weighted by Crippen LogP contribution is -2.21. The molecule has 0 amide bonds. The number of hydrogen-bond donors (Lipinski definition) is 1. The van der Waals surface area contributed by atoms with E-state index in [4.69, 9.17) is 4.74 Å². The number of aromatic nitrogens is 2. The maximum Gasteiger partial charge on any atom is 0.272 e. The lowest BCUT2D eigenvalue weighted by atomic mass is 10.2. The van der Waals surface area contributed by atoms with Gasteiger partial charge < -0.3 is 14.0 Å². The molecule has 12 heteroatoms. The van der Waals surface area contributed by atoms with Gasteiger partial charge in [-0.15, -0.1) is 0 Å². The molecule has 1 aromatic carbocycles.